The van der Waals surface area contributed by atoms with Crippen molar-refractivity contribution in [1.29, 1.82) is 0 Å². The minimum Gasteiger partial charge on any atom is -0.341 e. The molecule has 2 fully saturated rings. The summed E-state index contributed by atoms with van der Waals surface area (Å²) in [6.07, 6.45) is 7.08. The van der Waals surface area contributed by atoms with Crippen LogP contribution >= 0.6 is 0 Å². The second kappa shape index (κ2) is 9.13. The third-order valence-electron chi connectivity index (χ3n) is 4.90. The Bertz CT molecular complexity index is 365. The first-order chi connectivity index (χ1) is 10.7. The van der Waals surface area contributed by atoms with Gasteiger partial charge in [-0.2, -0.15) is 0 Å². The Kier molecular flexibility index (Phi) is 7.16. The van der Waals surface area contributed by atoms with E-state index in [4.69, 9.17) is 0 Å². The molecule has 0 aromatic heterocycles. The van der Waals surface area contributed by atoms with E-state index in [0.717, 1.165) is 64.8 Å². The molecule has 0 unspecified atom stereocenters. The number of likely N-dealkylation sites (tertiary alicyclic amines) is 2. The summed E-state index contributed by atoms with van der Waals surface area (Å²) in [4.78, 5) is 28.3. The fraction of sp³-hybridized carbons (Fsp3) is 0.882. The topological polar surface area (TPSA) is 52.7 Å². The van der Waals surface area contributed by atoms with Gasteiger partial charge in [0.05, 0.1) is 6.54 Å². The summed E-state index contributed by atoms with van der Waals surface area (Å²) in [5, 5.41) is 3.39. The SMILES string of the molecule is CCNCC1CCN(C(=O)CN2CCCCCCC2=O)CC1. The fourth-order valence-electron chi connectivity index (χ4n) is 3.38. The third kappa shape index (κ3) is 5.27. The van der Waals surface area contributed by atoms with Gasteiger partial charge in [0.25, 0.3) is 0 Å². The lowest BCUT2D eigenvalue weighted by Crippen LogP contribution is -2.47. The van der Waals surface area contributed by atoms with Crippen molar-refractivity contribution >= 4 is 11.8 Å². The van der Waals surface area contributed by atoms with Crippen molar-refractivity contribution in [2.24, 2.45) is 5.92 Å². The zero-order valence-corrected chi connectivity index (χ0v) is 14.0. The summed E-state index contributed by atoms with van der Waals surface area (Å²) in [6.45, 7) is 6.92. The Hall–Kier alpha value is -1.10. The first kappa shape index (κ1) is 17.3. The molecule has 0 saturated carbocycles. The maximum Gasteiger partial charge on any atom is 0.242 e. The molecule has 2 aliphatic heterocycles. The van der Waals surface area contributed by atoms with Gasteiger partial charge in [-0.1, -0.05) is 19.8 Å². The first-order valence-corrected chi connectivity index (χ1v) is 8.97. The number of nitrogens with one attached hydrogen (secondary N) is 1. The zero-order chi connectivity index (χ0) is 15.8. The van der Waals surface area contributed by atoms with Crippen molar-refractivity contribution in [3.05, 3.63) is 0 Å². The minimum atomic E-state index is 0.135. The molecule has 2 aliphatic rings. The van der Waals surface area contributed by atoms with E-state index in [1.165, 1.54) is 6.42 Å². The predicted octanol–water partition coefficient (Wildman–Crippen LogP) is 1.63. The Labute approximate surface area is 134 Å². The van der Waals surface area contributed by atoms with E-state index in [9.17, 15) is 9.59 Å². The molecule has 0 atom stereocenters. The number of carbonyl (C=O) groups is 2. The van der Waals surface area contributed by atoms with Gasteiger partial charge in [-0.15, -0.1) is 0 Å². The third-order valence-corrected chi connectivity index (χ3v) is 4.90. The standard InChI is InChI=1S/C17H31N3O2/c1-2-18-13-15-8-11-19(12-9-15)17(22)14-20-10-6-4-3-5-7-16(20)21/h15,18H,2-14H2,1H3. The number of carbonyl (C=O) groups excluding carboxylic acids is 2. The molecular formula is C17H31N3O2. The van der Waals surface area contributed by atoms with Crippen LogP contribution in [0.4, 0.5) is 0 Å². The molecule has 22 heavy (non-hydrogen) atoms. The molecule has 2 amide bonds. The molecule has 0 spiro atoms. The molecular weight excluding hydrogens is 278 g/mol. The van der Waals surface area contributed by atoms with E-state index in [0.29, 0.717) is 12.3 Å². The van der Waals surface area contributed by atoms with Gasteiger partial charge in [-0.25, -0.2) is 0 Å². The summed E-state index contributed by atoms with van der Waals surface area (Å²) in [5.74, 6) is 0.984. The molecule has 2 heterocycles. The Balaban J connectivity index is 1.76. The Morgan fingerprint density at radius 1 is 1.14 bits per heavy atom. The first-order valence-electron chi connectivity index (χ1n) is 8.97. The molecule has 2 rings (SSSR count). The van der Waals surface area contributed by atoms with E-state index in [1.54, 1.807) is 4.90 Å². The quantitative estimate of drug-likeness (QED) is 0.840. The number of amides is 2. The van der Waals surface area contributed by atoms with Crippen LogP contribution < -0.4 is 5.32 Å². The van der Waals surface area contributed by atoms with Gasteiger partial charge in [0, 0.05) is 26.1 Å². The molecule has 126 valence electrons. The van der Waals surface area contributed by atoms with Gasteiger partial charge in [-0.05, 0) is 44.7 Å². The minimum absolute atomic E-state index is 0.135. The average molecular weight is 309 g/mol. The number of rotatable bonds is 5. The zero-order valence-electron chi connectivity index (χ0n) is 14.0. The maximum atomic E-state index is 12.4. The molecule has 5 heteroatoms. The van der Waals surface area contributed by atoms with Crippen LogP contribution in [0.3, 0.4) is 0 Å². The Morgan fingerprint density at radius 3 is 2.59 bits per heavy atom. The van der Waals surface area contributed by atoms with Gasteiger partial charge in [0.15, 0.2) is 0 Å². The monoisotopic (exact) mass is 309 g/mol. The van der Waals surface area contributed by atoms with Crippen LogP contribution in [0.15, 0.2) is 0 Å². The summed E-state index contributed by atoms with van der Waals surface area (Å²) in [6, 6.07) is 0. The molecule has 0 aromatic rings. The lowest BCUT2D eigenvalue weighted by Gasteiger charge is -2.34. The van der Waals surface area contributed by atoms with Gasteiger partial charge in [0.2, 0.25) is 11.8 Å². The maximum absolute atomic E-state index is 12.4. The van der Waals surface area contributed by atoms with Gasteiger partial charge >= 0.3 is 0 Å². The predicted molar refractivity (Wildman–Crippen MR) is 87.5 cm³/mol. The van der Waals surface area contributed by atoms with Crippen LogP contribution in [0.2, 0.25) is 0 Å². The van der Waals surface area contributed by atoms with E-state index in [2.05, 4.69) is 12.2 Å². The van der Waals surface area contributed by atoms with E-state index in [1.807, 2.05) is 4.90 Å². The summed E-state index contributed by atoms with van der Waals surface area (Å²) in [5.41, 5.74) is 0. The van der Waals surface area contributed by atoms with Crippen molar-refractivity contribution < 1.29 is 9.59 Å². The van der Waals surface area contributed by atoms with Crippen molar-refractivity contribution in [1.82, 2.24) is 15.1 Å². The summed E-state index contributed by atoms with van der Waals surface area (Å²) < 4.78 is 0. The second-order valence-electron chi connectivity index (χ2n) is 6.61. The highest BCUT2D eigenvalue weighted by atomic mass is 16.2. The number of piperidine rings is 1. The van der Waals surface area contributed by atoms with Gasteiger partial charge in [0.1, 0.15) is 0 Å². The molecule has 0 aromatic carbocycles. The lowest BCUT2D eigenvalue weighted by molar-refractivity contribution is -0.141. The van der Waals surface area contributed by atoms with Crippen molar-refractivity contribution in [2.45, 2.75) is 51.9 Å². The van der Waals surface area contributed by atoms with Crippen LogP contribution in [0, 0.1) is 5.92 Å². The van der Waals surface area contributed by atoms with E-state index < -0.39 is 0 Å². The molecule has 0 radical (unpaired) electrons. The van der Waals surface area contributed by atoms with Crippen LogP contribution in [0.25, 0.3) is 0 Å². The molecule has 2 saturated heterocycles. The largest absolute Gasteiger partial charge is 0.341 e. The fourth-order valence-corrected chi connectivity index (χ4v) is 3.38. The average Bonchev–Trinajstić information content (AvgIpc) is 2.53. The second-order valence-corrected chi connectivity index (χ2v) is 6.61. The highest BCUT2D eigenvalue weighted by Crippen LogP contribution is 2.17. The molecule has 5 nitrogen and oxygen atoms in total. The van der Waals surface area contributed by atoms with Crippen LogP contribution in [-0.4, -0.2) is 60.9 Å². The highest BCUT2D eigenvalue weighted by molar-refractivity contribution is 5.85. The van der Waals surface area contributed by atoms with Gasteiger partial charge < -0.3 is 15.1 Å². The van der Waals surface area contributed by atoms with Crippen molar-refractivity contribution in [3.63, 3.8) is 0 Å². The molecule has 1 N–H and O–H groups in total. The smallest absolute Gasteiger partial charge is 0.242 e. The van der Waals surface area contributed by atoms with Crippen LogP contribution in [-0.2, 0) is 9.59 Å². The van der Waals surface area contributed by atoms with E-state index >= 15 is 0 Å². The lowest BCUT2D eigenvalue weighted by atomic mass is 9.96. The van der Waals surface area contributed by atoms with Crippen molar-refractivity contribution in [2.75, 3.05) is 39.3 Å². The van der Waals surface area contributed by atoms with E-state index in [-0.39, 0.29) is 18.4 Å². The molecule has 0 bridgehead atoms. The number of hydrogen-bond donors (Lipinski definition) is 1. The van der Waals surface area contributed by atoms with Gasteiger partial charge in [-0.3, -0.25) is 9.59 Å². The van der Waals surface area contributed by atoms with Crippen LogP contribution in [0.5, 0.6) is 0 Å². The number of nitrogens with zero attached hydrogens (tertiary/aromatic N) is 2. The number of hydrogen-bond acceptors (Lipinski definition) is 3. The Morgan fingerprint density at radius 2 is 1.86 bits per heavy atom. The molecule has 0 aliphatic carbocycles. The summed E-state index contributed by atoms with van der Waals surface area (Å²) >= 11 is 0. The highest BCUT2D eigenvalue weighted by Gasteiger charge is 2.25. The normalized spacial score (nSPS) is 21.6. The van der Waals surface area contributed by atoms with Crippen molar-refractivity contribution in [3.8, 4) is 0 Å². The summed E-state index contributed by atoms with van der Waals surface area (Å²) in [7, 11) is 0. The van der Waals surface area contributed by atoms with Crippen LogP contribution in [0.1, 0.15) is 51.9 Å².